The van der Waals surface area contributed by atoms with Crippen molar-refractivity contribution in [2.24, 2.45) is 0 Å². The van der Waals surface area contributed by atoms with Crippen LogP contribution < -0.4 is 0 Å². The lowest BCUT2D eigenvalue weighted by molar-refractivity contribution is -0.137. The lowest BCUT2D eigenvalue weighted by Crippen LogP contribution is -1.93. The molecule has 0 bridgehead atoms. The molecule has 190 valence electrons. The van der Waals surface area contributed by atoms with Crippen LogP contribution in [0.4, 0.5) is 0 Å². The summed E-state index contributed by atoms with van der Waals surface area (Å²) in [7, 11) is 0. The zero-order valence-electron chi connectivity index (χ0n) is 21.9. The molecule has 0 rings (SSSR count). The Balaban J connectivity index is 3.07. The summed E-state index contributed by atoms with van der Waals surface area (Å²) in [6.07, 6.45) is 39.0. The van der Waals surface area contributed by atoms with E-state index >= 15 is 0 Å². The normalized spacial score (nSPS) is 11.5. The maximum Gasteiger partial charge on any atom is 0.303 e. The van der Waals surface area contributed by atoms with E-state index in [2.05, 4.69) is 19.1 Å². The van der Waals surface area contributed by atoms with Crippen molar-refractivity contribution in [3.63, 3.8) is 0 Å². The highest BCUT2D eigenvalue weighted by Gasteiger charge is 1.97. The number of unbranched alkanes of at least 4 members (excludes halogenated alkanes) is 23. The summed E-state index contributed by atoms with van der Waals surface area (Å²) in [4.78, 5) is 10.4. The third kappa shape index (κ3) is 29.2. The van der Waals surface area contributed by atoms with Gasteiger partial charge in [-0.3, -0.25) is 4.79 Å². The largest absolute Gasteiger partial charge is 0.481 e. The van der Waals surface area contributed by atoms with E-state index < -0.39 is 5.97 Å². The van der Waals surface area contributed by atoms with E-state index in [0.717, 1.165) is 12.8 Å². The average Bonchev–Trinajstić information content (AvgIpc) is 2.78. The van der Waals surface area contributed by atoms with Crippen molar-refractivity contribution in [2.75, 3.05) is 0 Å². The summed E-state index contributed by atoms with van der Waals surface area (Å²) in [6.45, 7) is 2.29. The molecule has 0 saturated heterocycles. The molecule has 0 atom stereocenters. The highest BCUT2D eigenvalue weighted by Crippen LogP contribution is 2.14. The van der Waals surface area contributed by atoms with Gasteiger partial charge in [-0.05, 0) is 32.1 Å². The third-order valence-corrected chi connectivity index (χ3v) is 6.65. The summed E-state index contributed by atoms with van der Waals surface area (Å²) in [5, 5.41) is 8.60. The van der Waals surface area contributed by atoms with Gasteiger partial charge < -0.3 is 5.11 Å². The Hall–Kier alpha value is -0.790. The molecule has 0 unspecified atom stereocenters. The van der Waals surface area contributed by atoms with Crippen LogP contribution in [-0.2, 0) is 4.79 Å². The van der Waals surface area contributed by atoms with Crippen LogP contribution in [0, 0.1) is 0 Å². The van der Waals surface area contributed by atoms with Gasteiger partial charge >= 0.3 is 5.97 Å². The Morgan fingerprint density at radius 2 is 0.750 bits per heavy atom. The van der Waals surface area contributed by atoms with Gasteiger partial charge in [-0.25, -0.2) is 0 Å². The van der Waals surface area contributed by atoms with Crippen LogP contribution >= 0.6 is 0 Å². The van der Waals surface area contributed by atoms with E-state index in [4.69, 9.17) is 5.11 Å². The minimum atomic E-state index is -0.658. The van der Waals surface area contributed by atoms with E-state index in [0.29, 0.717) is 6.42 Å². The number of hydrogen-bond donors (Lipinski definition) is 1. The van der Waals surface area contributed by atoms with Crippen LogP contribution in [0.2, 0.25) is 0 Å². The van der Waals surface area contributed by atoms with Gasteiger partial charge in [-0.2, -0.15) is 0 Å². The van der Waals surface area contributed by atoms with Crippen molar-refractivity contribution in [3.05, 3.63) is 12.2 Å². The fourth-order valence-electron chi connectivity index (χ4n) is 4.47. The molecule has 0 amide bonds. The van der Waals surface area contributed by atoms with Crippen LogP contribution in [0.1, 0.15) is 174 Å². The molecule has 2 heteroatoms. The predicted octanol–water partition coefficient (Wildman–Crippen LogP) is 10.8. The van der Waals surface area contributed by atoms with Gasteiger partial charge in [0.05, 0.1) is 0 Å². The van der Waals surface area contributed by atoms with Gasteiger partial charge in [0, 0.05) is 6.42 Å². The molecule has 2 nitrogen and oxygen atoms in total. The van der Waals surface area contributed by atoms with Gasteiger partial charge in [0.25, 0.3) is 0 Å². The number of carboxylic acid groups (broad SMARTS) is 1. The third-order valence-electron chi connectivity index (χ3n) is 6.65. The van der Waals surface area contributed by atoms with Gasteiger partial charge in [-0.1, -0.05) is 147 Å². The first-order valence-corrected chi connectivity index (χ1v) is 14.6. The molecule has 0 spiro atoms. The maximum atomic E-state index is 10.4. The van der Waals surface area contributed by atoms with E-state index in [-0.39, 0.29) is 0 Å². The van der Waals surface area contributed by atoms with Crippen LogP contribution in [0.25, 0.3) is 0 Å². The summed E-state index contributed by atoms with van der Waals surface area (Å²) >= 11 is 0. The molecule has 0 radical (unpaired) electrons. The van der Waals surface area contributed by atoms with Gasteiger partial charge in [-0.15, -0.1) is 0 Å². The van der Waals surface area contributed by atoms with Crippen LogP contribution in [0.5, 0.6) is 0 Å². The molecule has 32 heavy (non-hydrogen) atoms. The minimum Gasteiger partial charge on any atom is -0.481 e. The highest BCUT2D eigenvalue weighted by atomic mass is 16.4. The minimum absolute atomic E-state index is 0.335. The summed E-state index contributed by atoms with van der Waals surface area (Å²) < 4.78 is 0. The van der Waals surface area contributed by atoms with Gasteiger partial charge in [0.1, 0.15) is 0 Å². The van der Waals surface area contributed by atoms with E-state index in [1.165, 1.54) is 148 Å². The Morgan fingerprint density at radius 3 is 1.06 bits per heavy atom. The van der Waals surface area contributed by atoms with Gasteiger partial charge in [0.2, 0.25) is 0 Å². The molecule has 0 aliphatic rings. The summed E-state index contributed by atoms with van der Waals surface area (Å²) in [5.41, 5.74) is 0. The molecule has 0 aromatic heterocycles. The topological polar surface area (TPSA) is 37.3 Å². The van der Waals surface area contributed by atoms with Crippen molar-refractivity contribution >= 4 is 5.97 Å². The van der Waals surface area contributed by atoms with Crippen molar-refractivity contribution < 1.29 is 9.90 Å². The van der Waals surface area contributed by atoms with Crippen LogP contribution in [0.3, 0.4) is 0 Å². The number of carbonyl (C=O) groups is 1. The zero-order chi connectivity index (χ0) is 23.4. The SMILES string of the molecule is CCCCCCCCCCCCCCCCCCCC=CCCCCCCCCC(=O)O. The Labute approximate surface area is 202 Å². The Kier molecular flexibility index (Phi) is 27.5. The average molecular weight is 451 g/mol. The first-order chi connectivity index (χ1) is 15.8. The van der Waals surface area contributed by atoms with Crippen molar-refractivity contribution in [3.8, 4) is 0 Å². The molecule has 0 aliphatic heterocycles. The fourth-order valence-corrected chi connectivity index (χ4v) is 4.47. The second-order valence-electron chi connectivity index (χ2n) is 9.97. The monoisotopic (exact) mass is 450 g/mol. The molecule has 0 saturated carbocycles. The van der Waals surface area contributed by atoms with E-state index in [1.807, 2.05) is 0 Å². The highest BCUT2D eigenvalue weighted by molar-refractivity contribution is 5.66. The molecule has 0 aromatic carbocycles. The number of aliphatic carboxylic acids is 1. The van der Waals surface area contributed by atoms with Gasteiger partial charge in [0.15, 0.2) is 0 Å². The van der Waals surface area contributed by atoms with Crippen molar-refractivity contribution in [1.82, 2.24) is 0 Å². The second-order valence-corrected chi connectivity index (χ2v) is 9.97. The molecular formula is C30H58O2. The number of hydrogen-bond acceptors (Lipinski definition) is 1. The molecule has 0 aliphatic carbocycles. The smallest absolute Gasteiger partial charge is 0.303 e. The fraction of sp³-hybridized carbons (Fsp3) is 0.900. The van der Waals surface area contributed by atoms with Crippen LogP contribution in [0.15, 0.2) is 12.2 Å². The molecule has 0 aromatic rings. The zero-order valence-corrected chi connectivity index (χ0v) is 21.9. The number of rotatable bonds is 27. The maximum absolute atomic E-state index is 10.4. The van der Waals surface area contributed by atoms with Crippen LogP contribution in [-0.4, -0.2) is 11.1 Å². The standard InChI is InChI=1S/C30H58O2/c1-2-3-4-5-6-7-8-9-10-11-12-13-14-15-16-17-18-19-20-21-22-23-24-25-26-27-28-29-30(31)32/h20-21H,2-19,22-29H2,1H3,(H,31,32). The predicted molar refractivity (Wildman–Crippen MR) is 142 cm³/mol. The van der Waals surface area contributed by atoms with Crippen molar-refractivity contribution in [1.29, 1.82) is 0 Å². The Bertz CT molecular complexity index is 388. The first kappa shape index (κ1) is 31.2. The molecule has 0 heterocycles. The van der Waals surface area contributed by atoms with Crippen molar-refractivity contribution in [2.45, 2.75) is 174 Å². The molecule has 1 N–H and O–H groups in total. The van der Waals surface area contributed by atoms with E-state index in [9.17, 15) is 4.79 Å². The Morgan fingerprint density at radius 1 is 0.469 bits per heavy atom. The summed E-state index contributed by atoms with van der Waals surface area (Å²) in [6, 6.07) is 0. The number of allylic oxidation sites excluding steroid dienone is 2. The summed E-state index contributed by atoms with van der Waals surface area (Å²) in [5.74, 6) is -0.658. The lowest BCUT2D eigenvalue weighted by Gasteiger charge is -2.03. The first-order valence-electron chi connectivity index (χ1n) is 14.6. The molecular weight excluding hydrogens is 392 g/mol. The lowest BCUT2D eigenvalue weighted by atomic mass is 10.0. The quantitative estimate of drug-likeness (QED) is 0.0997. The van der Waals surface area contributed by atoms with E-state index in [1.54, 1.807) is 0 Å². The second kappa shape index (κ2) is 28.2. The number of carboxylic acids is 1. The molecule has 0 fully saturated rings.